The highest BCUT2D eigenvalue weighted by atomic mass is 16.5. The number of rotatable bonds is 8. The first-order valence-electron chi connectivity index (χ1n) is 8.94. The maximum Gasteiger partial charge on any atom is 0.261 e. The van der Waals surface area contributed by atoms with Crippen LogP contribution in [0.4, 0.5) is 0 Å². The minimum Gasteiger partial charge on any atom is -0.493 e. The fraction of sp³-hybridized carbons (Fsp3) is 0.526. The lowest BCUT2D eigenvalue weighted by Crippen LogP contribution is -2.34. The molecule has 0 aliphatic heterocycles. The van der Waals surface area contributed by atoms with E-state index in [0.717, 1.165) is 0 Å². The Morgan fingerprint density at radius 2 is 2.00 bits per heavy atom. The van der Waals surface area contributed by atoms with Crippen molar-refractivity contribution in [3.8, 4) is 11.5 Å². The van der Waals surface area contributed by atoms with Gasteiger partial charge in [0.05, 0.1) is 31.4 Å². The summed E-state index contributed by atoms with van der Waals surface area (Å²) in [5.41, 5.74) is 0.405. The van der Waals surface area contributed by atoms with Crippen molar-refractivity contribution < 1.29 is 14.3 Å². The predicted octanol–water partition coefficient (Wildman–Crippen LogP) is 2.11. The van der Waals surface area contributed by atoms with Gasteiger partial charge in [0.2, 0.25) is 5.91 Å². The van der Waals surface area contributed by atoms with E-state index >= 15 is 0 Å². The van der Waals surface area contributed by atoms with Crippen molar-refractivity contribution in [2.45, 2.75) is 45.2 Å². The number of benzene rings is 1. The van der Waals surface area contributed by atoms with Crippen LogP contribution < -0.4 is 20.3 Å². The minimum atomic E-state index is -0.150. The number of amides is 1. The standard InChI is InChI=1S/C19H25N3O4/c1-12(13-6-7-13)21-18(23)5-4-8-22-11-20-15-10-17(26-3)16(25-2)9-14(15)19(22)24/h9-13H,4-8H2,1-3H3,(H,21,23). The molecule has 1 aliphatic rings. The second-order valence-electron chi connectivity index (χ2n) is 6.76. The third-order valence-corrected chi connectivity index (χ3v) is 4.85. The van der Waals surface area contributed by atoms with Crippen molar-refractivity contribution in [3.05, 3.63) is 28.8 Å². The van der Waals surface area contributed by atoms with Crippen molar-refractivity contribution in [1.29, 1.82) is 0 Å². The Hall–Kier alpha value is -2.57. The first-order chi connectivity index (χ1) is 12.5. The lowest BCUT2D eigenvalue weighted by molar-refractivity contribution is -0.121. The van der Waals surface area contributed by atoms with Crippen LogP contribution in [0, 0.1) is 5.92 Å². The number of aromatic nitrogens is 2. The monoisotopic (exact) mass is 359 g/mol. The molecule has 1 amide bonds. The molecule has 7 nitrogen and oxygen atoms in total. The summed E-state index contributed by atoms with van der Waals surface area (Å²) in [6.07, 6.45) is 4.90. The number of fused-ring (bicyclic) bond motifs is 1. The van der Waals surface area contributed by atoms with Crippen LogP contribution in [0.5, 0.6) is 11.5 Å². The zero-order valence-corrected chi connectivity index (χ0v) is 15.4. The Labute approximate surface area is 152 Å². The molecule has 1 aromatic carbocycles. The summed E-state index contributed by atoms with van der Waals surface area (Å²) in [5, 5.41) is 3.50. The zero-order valence-electron chi connectivity index (χ0n) is 15.4. The molecule has 2 aromatic rings. The van der Waals surface area contributed by atoms with E-state index in [2.05, 4.69) is 17.2 Å². The molecule has 1 saturated carbocycles. The first kappa shape index (κ1) is 18.2. The van der Waals surface area contributed by atoms with E-state index in [4.69, 9.17) is 9.47 Å². The van der Waals surface area contributed by atoms with Gasteiger partial charge in [-0.25, -0.2) is 4.98 Å². The van der Waals surface area contributed by atoms with Crippen molar-refractivity contribution in [1.82, 2.24) is 14.9 Å². The Morgan fingerprint density at radius 3 is 2.65 bits per heavy atom. The molecule has 7 heteroatoms. The van der Waals surface area contributed by atoms with E-state index in [-0.39, 0.29) is 17.5 Å². The van der Waals surface area contributed by atoms with Gasteiger partial charge in [-0.2, -0.15) is 0 Å². The van der Waals surface area contributed by atoms with Crippen LogP contribution in [0.25, 0.3) is 10.9 Å². The third kappa shape index (κ3) is 3.98. The fourth-order valence-corrected chi connectivity index (χ4v) is 3.09. The maximum absolute atomic E-state index is 12.7. The fourth-order valence-electron chi connectivity index (χ4n) is 3.09. The van der Waals surface area contributed by atoms with E-state index < -0.39 is 0 Å². The second-order valence-corrected chi connectivity index (χ2v) is 6.76. The van der Waals surface area contributed by atoms with Gasteiger partial charge in [-0.15, -0.1) is 0 Å². The number of ether oxygens (including phenoxy) is 2. The van der Waals surface area contributed by atoms with Crippen LogP contribution in [0.15, 0.2) is 23.3 Å². The molecule has 1 atom stereocenters. The average Bonchev–Trinajstić information content (AvgIpc) is 3.48. The quantitative estimate of drug-likeness (QED) is 0.781. The SMILES string of the molecule is COc1cc2ncn(CCCC(=O)NC(C)C3CC3)c(=O)c2cc1OC. The number of nitrogens with one attached hydrogen (secondary N) is 1. The molecule has 1 heterocycles. The predicted molar refractivity (Wildman–Crippen MR) is 98.7 cm³/mol. The number of carbonyl (C=O) groups is 1. The molecule has 0 saturated heterocycles. The van der Waals surface area contributed by atoms with Gasteiger partial charge in [0.1, 0.15) is 0 Å². The maximum atomic E-state index is 12.7. The Morgan fingerprint density at radius 1 is 1.31 bits per heavy atom. The number of carbonyl (C=O) groups excluding carboxylic acids is 1. The largest absolute Gasteiger partial charge is 0.493 e. The normalized spacial score (nSPS) is 14.9. The van der Waals surface area contributed by atoms with Crippen molar-refractivity contribution in [2.24, 2.45) is 5.92 Å². The van der Waals surface area contributed by atoms with E-state index in [1.165, 1.54) is 30.8 Å². The molecule has 0 bridgehead atoms. The molecule has 26 heavy (non-hydrogen) atoms. The van der Waals surface area contributed by atoms with Gasteiger partial charge in [0, 0.05) is 25.1 Å². The molecule has 0 spiro atoms. The van der Waals surface area contributed by atoms with E-state index in [1.54, 1.807) is 19.2 Å². The number of methoxy groups -OCH3 is 2. The highest BCUT2D eigenvalue weighted by molar-refractivity contribution is 5.81. The summed E-state index contributed by atoms with van der Waals surface area (Å²) in [4.78, 5) is 29.0. The average molecular weight is 359 g/mol. The molecule has 0 radical (unpaired) electrons. The molecule has 1 aliphatic carbocycles. The zero-order chi connectivity index (χ0) is 18.7. The van der Waals surface area contributed by atoms with E-state index in [9.17, 15) is 9.59 Å². The van der Waals surface area contributed by atoms with Gasteiger partial charge in [0.25, 0.3) is 5.56 Å². The third-order valence-electron chi connectivity index (χ3n) is 4.85. The summed E-state index contributed by atoms with van der Waals surface area (Å²) in [6, 6.07) is 3.58. The van der Waals surface area contributed by atoms with Gasteiger partial charge in [-0.1, -0.05) is 0 Å². The highest BCUT2D eigenvalue weighted by Gasteiger charge is 2.28. The molecule has 1 N–H and O–H groups in total. The second kappa shape index (κ2) is 7.76. The van der Waals surface area contributed by atoms with Crippen molar-refractivity contribution >= 4 is 16.8 Å². The molecule has 140 valence electrons. The lowest BCUT2D eigenvalue weighted by Gasteiger charge is -2.13. The minimum absolute atomic E-state index is 0.0394. The van der Waals surface area contributed by atoms with Gasteiger partial charge >= 0.3 is 0 Å². The van der Waals surface area contributed by atoms with Gasteiger partial charge in [-0.3, -0.25) is 14.2 Å². The molecular formula is C19H25N3O4. The van der Waals surface area contributed by atoms with Crippen LogP contribution >= 0.6 is 0 Å². The van der Waals surface area contributed by atoms with Crippen molar-refractivity contribution in [2.75, 3.05) is 14.2 Å². The summed E-state index contributed by atoms with van der Waals surface area (Å²) in [7, 11) is 3.07. The molecule has 3 rings (SSSR count). The Bertz CT molecular complexity index is 858. The highest BCUT2D eigenvalue weighted by Crippen LogP contribution is 2.32. The van der Waals surface area contributed by atoms with Crippen LogP contribution in [0.2, 0.25) is 0 Å². The summed E-state index contributed by atoms with van der Waals surface area (Å²) in [6.45, 7) is 2.50. The Kier molecular flexibility index (Phi) is 5.44. The van der Waals surface area contributed by atoms with Crippen molar-refractivity contribution in [3.63, 3.8) is 0 Å². The van der Waals surface area contributed by atoms with Crippen LogP contribution in [0.1, 0.15) is 32.6 Å². The lowest BCUT2D eigenvalue weighted by atomic mass is 10.2. The molecule has 1 aromatic heterocycles. The molecular weight excluding hydrogens is 334 g/mol. The number of aryl methyl sites for hydroxylation is 1. The van der Waals surface area contributed by atoms with Gasteiger partial charge in [0.15, 0.2) is 11.5 Å². The number of hydrogen-bond acceptors (Lipinski definition) is 5. The van der Waals surface area contributed by atoms with Crippen LogP contribution in [-0.4, -0.2) is 35.7 Å². The van der Waals surface area contributed by atoms with E-state index in [1.807, 2.05) is 0 Å². The Balaban J connectivity index is 1.67. The topological polar surface area (TPSA) is 82.5 Å². The van der Waals surface area contributed by atoms with Gasteiger partial charge in [-0.05, 0) is 38.2 Å². The summed E-state index contributed by atoms with van der Waals surface area (Å²) in [5.74, 6) is 1.70. The van der Waals surface area contributed by atoms with Gasteiger partial charge < -0.3 is 14.8 Å². The number of nitrogens with zero attached hydrogens (tertiary/aromatic N) is 2. The van der Waals surface area contributed by atoms with Crippen LogP contribution in [-0.2, 0) is 11.3 Å². The molecule has 1 unspecified atom stereocenters. The van der Waals surface area contributed by atoms with Crippen LogP contribution in [0.3, 0.4) is 0 Å². The molecule has 1 fully saturated rings. The summed E-state index contributed by atoms with van der Waals surface area (Å²) >= 11 is 0. The van der Waals surface area contributed by atoms with E-state index in [0.29, 0.717) is 47.7 Å². The smallest absolute Gasteiger partial charge is 0.261 e. The summed E-state index contributed by atoms with van der Waals surface area (Å²) < 4.78 is 12.0. The first-order valence-corrected chi connectivity index (χ1v) is 8.94. The number of hydrogen-bond donors (Lipinski definition) is 1.